The normalized spacial score (nSPS) is 12.4. The maximum atomic E-state index is 10.6. The molecule has 0 aromatic heterocycles. The van der Waals surface area contributed by atoms with Gasteiger partial charge >= 0.3 is 19.5 Å². The van der Waals surface area contributed by atoms with Crippen LogP contribution >= 0.6 is 0 Å². The summed E-state index contributed by atoms with van der Waals surface area (Å²) in [6.07, 6.45) is 1.08. The molecule has 0 bridgehead atoms. The first-order valence-corrected chi connectivity index (χ1v) is 10.6. The summed E-state index contributed by atoms with van der Waals surface area (Å²) in [5.41, 5.74) is 4.66. The third-order valence-electron chi connectivity index (χ3n) is 5.18. The summed E-state index contributed by atoms with van der Waals surface area (Å²) in [5, 5.41) is 21.1. The second-order valence-corrected chi connectivity index (χ2v) is 8.64. The molecule has 2 atom stereocenters. The van der Waals surface area contributed by atoms with Crippen molar-refractivity contribution in [1.82, 2.24) is 0 Å². The summed E-state index contributed by atoms with van der Waals surface area (Å²) < 4.78 is 0. The molecular formula is C26H34O4Zn. The molecule has 0 aliphatic carbocycles. The van der Waals surface area contributed by atoms with Crippen LogP contribution in [0.1, 0.15) is 75.6 Å². The third-order valence-corrected chi connectivity index (χ3v) is 5.18. The SMILES string of the molecule is CC(Cc1ccc(C(C)C)cc1)C(=O)[O-].CC(Cc1ccc(C(C)C)cc1)C(=O)[O-].[Zn+2]. The minimum atomic E-state index is -0.983. The largest absolute Gasteiger partial charge is 2.00 e. The van der Waals surface area contributed by atoms with Gasteiger partial charge in [-0.2, -0.15) is 0 Å². The maximum Gasteiger partial charge on any atom is 2.00 e. The van der Waals surface area contributed by atoms with Crippen molar-refractivity contribution in [3.05, 3.63) is 70.8 Å². The van der Waals surface area contributed by atoms with Gasteiger partial charge in [0.05, 0.1) is 0 Å². The van der Waals surface area contributed by atoms with E-state index in [9.17, 15) is 19.8 Å². The fourth-order valence-electron chi connectivity index (χ4n) is 2.95. The fraction of sp³-hybridized carbons (Fsp3) is 0.462. The van der Waals surface area contributed by atoms with Gasteiger partial charge in [-0.25, -0.2) is 0 Å². The molecule has 0 amide bonds. The Balaban J connectivity index is 0.000000562. The van der Waals surface area contributed by atoms with Gasteiger partial charge in [0.1, 0.15) is 0 Å². The van der Waals surface area contributed by atoms with Crippen LogP contribution in [0.2, 0.25) is 0 Å². The zero-order valence-corrected chi connectivity index (χ0v) is 22.6. The third kappa shape index (κ3) is 10.7. The molecule has 0 heterocycles. The molecule has 5 heteroatoms. The first-order valence-electron chi connectivity index (χ1n) is 10.6. The van der Waals surface area contributed by atoms with Crippen molar-refractivity contribution in [3.63, 3.8) is 0 Å². The smallest absolute Gasteiger partial charge is 0.550 e. The molecule has 0 N–H and O–H groups in total. The van der Waals surface area contributed by atoms with Crippen LogP contribution in [0.25, 0.3) is 0 Å². The summed E-state index contributed by atoms with van der Waals surface area (Å²) >= 11 is 0. The predicted molar refractivity (Wildman–Crippen MR) is 117 cm³/mol. The average Bonchev–Trinajstić information content (AvgIpc) is 2.69. The molecule has 0 radical (unpaired) electrons. The molecule has 0 saturated carbocycles. The number of carbonyl (C=O) groups is 2. The first-order chi connectivity index (χ1) is 14.0. The number of aliphatic carboxylic acids is 2. The van der Waals surface area contributed by atoms with Gasteiger partial charge in [0.2, 0.25) is 0 Å². The Labute approximate surface area is 199 Å². The van der Waals surface area contributed by atoms with Gasteiger partial charge in [0.15, 0.2) is 0 Å². The molecule has 0 aliphatic heterocycles. The van der Waals surface area contributed by atoms with Gasteiger partial charge in [0.25, 0.3) is 0 Å². The van der Waals surface area contributed by atoms with E-state index in [-0.39, 0.29) is 19.5 Å². The topological polar surface area (TPSA) is 80.3 Å². The molecule has 0 saturated heterocycles. The Kier molecular flexibility index (Phi) is 13.2. The molecule has 0 fully saturated rings. The van der Waals surface area contributed by atoms with Gasteiger partial charge in [0, 0.05) is 11.9 Å². The van der Waals surface area contributed by atoms with E-state index in [1.54, 1.807) is 13.8 Å². The van der Waals surface area contributed by atoms with Crippen molar-refractivity contribution in [1.29, 1.82) is 0 Å². The van der Waals surface area contributed by atoms with E-state index < -0.39 is 23.8 Å². The maximum absolute atomic E-state index is 10.6. The van der Waals surface area contributed by atoms with E-state index in [4.69, 9.17) is 0 Å². The summed E-state index contributed by atoms with van der Waals surface area (Å²) in [5.74, 6) is -1.79. The van der Waals surface area contributed by atoms with Crippen molar-refractivity contribution in [2.75, 3.05) is 0 Å². The van der Waals surface area contributed by atoms with Crippen LogP contribution in [-0.2, 0) is 41.9 Å². The van der Waals surface area contributed by atoms with Crippen molar-refractivity contribution < 1.29 is 39.3 Å². The zero-order valence-electron chi connectivity index (χ0n) is 19.7. The number of benzene rings is 2. The van der Waals surface area contributed by atoms with Crippen LogP contribution < -0.4 is 10.2 Å². The van der Waals surface area contributed by atoms with Gasteiger partial charge < -0.3 is 19.8 Å². The Morgan fingerprint density at radius 2 is 0.871 bits per heavy atom. The van der Waals surface area contributed by atoms with Gasteiger partial charge in [-0.15, -0.1) is 0 Å². The van der Waals surface area contributed by atoms with Crippen LogP contribution in [0.5, 0.6) is 0 Å². The van der Waals surface area contributed by atoms with E-state index in [1.165, 1.54) is 11.1 Å². The molecule has 0 spiro atoms. The molecule has 164 valence electrons. The van der Waals surface area contributed by atoms with E-state index in [0.29, 0.717) is 24.7 Å². The van der Waals surface area contributed by atoms with Crippen LogP contribution in [0.4, 0.5) is 0 Å². The number of carboxylic acid groups (broad SMARTS) is 2. The molecular weight excluding hydrogens is 442 g/mol. The van der Waals surface area contributed by atoms with Crippen molar-refractivity contribution in [2.45, 2.75) is 66.2 Å². The van der Waals surface area contributed by atoms with Gasteiger partial charge in [-0.3, -0.25) is 0 Å². The second-order valence-electron chi connectivity index (χ2n) is 8.64. The average molecular weight is 476 g/mol. The Morgan fingerprint density at radius 3 is 1.06 bits per heavy atom. The van der Waals surface area contributed by atoms with Gasteiger partial charge in [-0.05, 0) is 58.8 Å². The Bertz CT molecular complexity index is 726. The molecule has 2 rings (SSSR count). The quantitative estimate of drug-likeness (QED) is 0.547. The summed E-state index contributed by atoms with van der Waals surface area (Å²) in [4.78, 5) is 21.1. The second kappa shape index (κ2) is 14.1. The van der Waals surface area contributed by atoms with E-state index in [1.807, 2.05) is 24.3 Å². The van der Waals surface area contributed by atoms with Crippen molar-refractivity contribution >= 4 is 11.9 Å². The summed E-state index contributed by atoms with van der Waals surface area (Å²) in [6.45, 7) is 11.9. The fourth-order valence-corrected chi connectivity index (χ4v) is 2.95. The van der Waals surface area contributed by atoms with E-state index >= 15 is 0 Å². The van der Waals surface area contributed by atoms with Crippen LogP contribution in [0.3, 0.4) is 0 Å². The number of carboxylic acids is 2. The number of rotatable bonds is 8. The first kappa shape index (κ1) is 29.0. The molecule has 2 aromatic carbocycles. The number of hydrogen-bond donors (Lipinski definition) is 0. The van der Waals surface area contributed by atoms with Gasteiger partial charge in [-0.1, -0.05) is 90.1 Å². The van der Waals surface area contributed by atoms with Crippen molar-refractivity contribution in [3.8, 4) is 0 Å². The molecule has 2 unspecified atom stereocenters. The summed E-state index contributed by atoms with van der Waals surface area (Å²) in [7, 11) is 0. The van der Waals surface area contributed by atoms with Crippen LogP contribution in [0, 0.1) is 11.8 Å². The number of hydrogen-bond acceptors (Lipinski definition) is 4. The molecule has 2 aromatic rings. The predicted octanol–water partition coefficient (Wildman–Crippen LogP) is 3.47. The van der Waals surface area contributed by atoms with Crippen LogP contribution in [0.15, 0.2) is 48.5 Å². The molecule has 4 nitrogen and oxygen atoms in total. The van der Waals surface area contributed by atoms with E-state index in [0.717, 1.165) is 11.1 Å². The minimum absolute atomic E-state index is 0. The molecule has 31 heavy (non-hydrogen) atoms. The molecule has 0 aliphatic rings. The minimum Gasteiger partial charge on any atom is -0.550 e. The van der Waals surface area contributed by atoms with Crippen LogP contribution in [-0.4, -0.2) is 11.9 Å². The standard InChI is InChI=1S/2C13H18O2.Zn/c2*1-9(2)12-6-4-11(5-7-12)8-10(3)13(14)15;/h2*4-7,9-10H,8H2,1-3H3,(H,14,15);/q;;+2/p-2. The number of carbonyl (C=O) groups excluding carboxylic acids is 2. The van der Waals surface area contributed by atoms with Crippen molar-refractivity contribution in [2.24, 2.45) is 11.8 Å². The monoisotopic (exact) mass is 474 g/mol. The summed E-state index contributed by atoms with van der Waals surface area (Å²) in [6, 6.07) is 16.2. The van der Waals surface area contributed by atoms with E-state index in [2.05, 4.69) is 52.0 Å². The Morgan fingerprint density at radius 1 is 0.613 bits per heavy atom. The Hall–Kier alpha value is -2.00. The zero-order chi connectivity index (χ0) is 22.8.